The molecule has 25 heavy (non-hydrogen) atoms. The van der Waals surface area contributed by atoms with Gasteiger partial charge in [0.05, 0.1) is 18.2 Å². The maximum absolute atomic E-state index is 12.1. The molecule has 0 spiro atoms. The normalized spacial score (nSPS) is 27.9. The number of nitrogens with one attached hydrogen (secondary N) is 1. The summed E-state index contributed by atoms with van der Waals surface area (Å²) in [5.74, 6) is 0.647. The fraction of sp³-hybridized carbons (Fsp3) is 0.500. The molecule has 0 saturated heterocycles. The molecule has 4 atom stereocenters. The van der Waals surface area contributed by atoms with Crippen molar-refractivity contribution in [2.45, 2.75) is 50.5 Å². The largest absolute Gasteiger partial charge is 0.454 e. The molecule has 1 aliphatic carbocycles. The van der Waals surface area contributed by atoms with Crippen molar-refractivity contribution in [3.05, 3.63) is 35.9 Å². The van der Waals surface area contributed by atoms with Crippen molar-refractivity contribution in [1.29, 1.82) is 0 Å². The minimum absolute atomic E-state index is 0.147. The average Bonchev–Trinajstić information content (AvgIpc) is 2.97. The molecule has 0 saturated carbocycles. The number of benzene rings is 1. The maximum atomic E-state index is 12.1. The minimum atomic E-state index is -1.08. The number of carbonyl (C=O) groups excluding carboxylic acids is 1. The lowest BCUT2D eigenvalue weighted by molar-refractivity contribution is 0.0132. The molecule has 136 valence electrons. The number of rotatable bonds is 2. The topological polar surface area (TPSA) is 97.3 Å². The zero-order chi connectivity index (χ0) is 18.2. The first kappa shape index (κ1) is 17.6. The molecule has 3 N–H and O–H groups in total. The van der Waals surface area contributed by atoms with Crippen molar-refractivity contribution in [3.63, 3.8) is 0 Å². The highest BCUT2D eigenvalue weighted by atomic mass is 16.7. The second-order valence-corrected chi connectivity index (χ2v) is 7.18. The summed E-state index contributed by atoms with van der Waals surface area (Å²) in [7, 11) is 0. The standard InChI is InChI=1S/C18H23NO6/c1-18(2,3)25-17(22)19-11-5-6-12(20)16(21)15(11)10-4-7-13-14(8-10)24-9-23-13/h4-8,11-12,15-16,20-21H,9H2,1-3H3,(H,19,22)/t11-,12+,15+,16-/m0/s1. The van der Waals surface area contributed by atoms with E-state index in [1.807, 2.05) is 0 Å². The third-order valence-corrected chi connectivity index (χ3v) is 4.09. The first-order valence-electron chi connectivity index (χ1n) is 8.18. The van der Waals surface area contributed by atoms with Crippen LogP contribution in [0, 0.1) is 0 Å². The summed E-state index contributed by atoms with van der Waals surface area (Å²) in [6.45, 7) is 5.47. The van der Waals surface area contributed by atoms with Gasteiger partial charge in [0.25, 0.3) is 0 Å². The Bertz CT molecular complexity index is 681. The zero-order valence-corrected chi connectivity index (χ0v) is 14.4. The van der Waals surface area contributed by atoms with E-state index < -0.39 is 35.9 Å². The third kappa shape index (κ3) is 3.88. The van der Waals surface area contributed by atoms with Gasteiger partial charge in [-0.05, 0) is 38.5 Å². The van der Waals surface area contributed by atoms with Crippen LogP contribution >= 0.6 is 0 Å². The number of aliphatic hydroxyl groups excluding tert-OH is 2. The van der Waals surface area contributed by atoms with Gasteiger partial charge in [0.1, 0.15) is 5.60 Å². The molecule has 7 nitrogen and oxygen atoms in total. The smallest absolute Gasteiger partial charge is 0.408 e. The molecule has 1 heterocycles. The quantitative estimate of drug-likeness (QED) is 0.703. The monoisotopic (exact) mass is 349 g/mol. The summed E-state index contributed by atoms with van der Waals surface area (Å²) in [5, 5.41) is 23.2. The molecule has 0 bridgehead atoms. The first-order chi connectivity index (χ1) is 11.7. The molecule has 0 aromatic heterocycles. The summed E-state index contributed by atoms with van der Waals surface area (Å²) in [5.41, 5.74) is 0.0932. The van der Waals surface area contributed by atoms with Gasteiger partial charge in [-0.3, -0.25) is 0 Å². The molecular formula is C18H23NO6. The second kappa shape index (κ2) is 6.57. The van der Waals surface area contributed by atoms with Gasteiger partial charge in [-0.2, -0.15) is 0 Å². The van der Waals surface area contributed by atoms with Gasteiger partial charge in [0, 0.05) is 5.92 Å². The highest BCUT2D eigenvalue weighted by Crippen LogP contribution is 2.38. The summed E-state index contributed by atoms with van der Waals surface area (Å²) in [6.07, 6.45) is 0.445. The van der Waals surface area contributed by atoms with Gasteiger partial charge in [0.15, 0.2) is 11.5 Å². The van der Waals surface area contributed by atoms with Crippen LogP contribution in [-0.2, 0) is 4.74 Å². The van der Waals surface area contributed by atoms with E-state index in [1.165, 1.54) is 6.08 Å². The number of hydrogen-bond donors (Lipinski definition) is 3. The Morgan fingerprint density at radius 1 is 1.20 bits per heavy atom. The molecule has 0 radical (unpaired) electrons. The summed E-state index contributed by atoms with van der Waals surface area (Å²) < 4.78 is 16.0. The van der Waals surface area contributed by atoms with Crippen LogP contribution in [-0.4, -0.2) is 47.0 Å². The van der Waals surface area contributed by atoms with E-state index in [1.54, 1.807) is 45.0 Å². The number of carbonyl (C=O) groups is 1. The molecule has 1 aromatic carbocycles. The van der Waals surface area contributed by atoms with E-state index in [9.17, 15) is 15.0 Å². The van der Waals surface area contributed by atoms with Gasteiger partial charge in [-0.1, -0.05) is 18.2 Å². The summed E-state index contributed by atoms with van der Waals surface area (Å²) in [6, 6.07) is 4.76. The minimum Gasteiger partial charge on any atom is -0.454 e. The lowest BCUT2D eigenvalue weighted by Gasteiger charge is -2.35. The Hall–Kier alpha value is -2.25. The lowest BCUT2D eigenvalue weighted by Crippen LogP contribution is -2.49. The number of ether oxygens (including phenoxy) is 3. The van der Waals surface area contributed by atoms with Crippen LogP contribution in [0.25, 0.3) is 0 Å². The Morgan fingerprint density at radius 3 is 2.64 bits per heavy atom. The number of aliphatic hydroxyl groups is 2. The molecule has 1 aliphatic heterocycles. The molecule has 7 heteroatoms. The predicted molar refractivity (Wildman–Crippen MR) is 89.6 cm³/mol. The van der Waals surface area contributed by atoms with Gasteiger partial charge in [-0.25, -0.2) is 4.79 Å². The van der Waals surface area contributed by atoms with Crippen LogP contribution in [0.3, 0.4) is 0 Å². The van der Waals surface area contributed by atoms with E-state index in [0.717, 1.165) is 5.56 Å². The second-order valence-electron chi connectivity index (χ2n) is 7.18. The Balaban J connectivity index is 1.85. The van der Waals surface area contributed by atoms with E-state index in [-0.39, 0.29) is 6.79 Å². The molecule has 2 aliphatic rings. The van der Waals surface area contributed by atoms with Crippen LogP contribution in [0.2, 0.25) is 0 Å². The molecule has 1 amide bonds. The SMILES string of the molecule is CC(C)(C)OC(=O)N[C@H]1C=C[C@@H](O)[C@H](O)[C@@H]1c1ccc2c(c1)OCO2. The molecule has 0 unspecified atom stereocenters. The number of hydrogen-bond acceptors (Lipinski definition) is 6. The number of alkyl carbamates (subject to hydrolysis) is 1. The molecule has 3 rings (SSSR count). The third-order valence-electron chi connectivity index (χ3n) is 4.09. The number of amides is 1. The van der Waals surface area contributed by atoms with Gasteiger partial charge < -0.3 is 29.7 Å². The van der Waals surface area contributed by atoms with Crippen LogP contribution in [0.5, 0.6) is 11.5 Å². The first-order valence-corrected chi connectivity index (χ1v) is 8.18. The van der Waals surface area contributed by atoms with Crippen molar-refractivity contribution >= 4 is 6.09 Å². The van der Waals surface area contributed by atoms with E-state index in [2.05, 4.69) is 5.32 Å². The van der Waals surface area contributed by atoms with Crippen molar-refractivity contribution in [3.8, 4) is 11.5 Å². The van der Waals surface area contributed by atoms with E-state index in [0.29, 0.717) is 11.5 Å². The van der Waals surface area contributed by atoms with Crippen LogP contribution in [0.4, 0.5) is 4.79 Å². The lowest BCUT2D eigenvalue weighted by atomic mass is 9.80. The Morgan fingerprint density at radius 2 is 1.92 bits per heavy atom. The van der Waals surface area contributed by atoms with Crippen LogP contribution in [0.1, 0.15) is 32.3 Å². The Kier molecular flexibility index (Phi) is 4.62. The predicted octanol–water partition coefficient (Wildman–Crippen LogP) is 1.68. The fourth-order valence-electron chi connectivity index (χ4n) is 3.00. The van der Waals surface area contributed by atoms with E-state index in [4.69, 9.17) is 14.2 Å². The van der Waals surface area contributed by atoms with Gasteiger partial charge in [0.2, 0.25) is 6.79 Å². The highest BCUT2D eigenvalue weighted by molar-refractivity contribution is 5.69. The van der Waals surface area contributed by atoms with Crippen molar-refractivity contribution in [2.75, 3.05) is 6.79 Å². The van der Waals surface area contributed by atoms with Gasteiger partial charge in [-0.15, -0.1) is 0 Å². The maximum Gasteiger partial charge on any atom is 0.408 e. The average molecular weight is 349 g/mol. The zero-order valence-electron chi connectivity index (χ0n) is 14.4. The molecule has 1 aromatic rings. The molecule has 0 fully saturated rings. The molecular weight excluding hydrogens is 326 g/mol. The van der Waals surface area contributed by atoms with Crippen LogP contribution < -0.4 is 14.8 Å². The van der Waals surface area contributed by atoms with Crippen LogP contribution in [0.15, 0.2) is 30.4 Å². The highest BCUT2D eigenvalue weighted by Gasteiger charge is 2.37. The fourth-order valence-corrected chi connectivity index (χ4v) is 3.00. The van der Waals surface area contributed by atoms with E-state index >= 15 is 0 Å². The van der Waals surface area contributed by atoms with Gasteiger partial charge >= 0.3 is 6.09 Å². The van der Waals surface area contributed by atoms with Crippen molar-refractivity contribution in [1.82, 2.24) is 5.32 Å². The Labute approximate surface area is 146 Å². The summed E-state index contributed by atoms with van der Waals surface area (Å²) in [4.78, 5) is 12.1. The summed E-state index contributed by atoms with van der Waals surface area (Å²) >= 11 is 0. The van der Waals surface area contributed by atoms with Crippen molar-refractivity contribution in [2.24, 2.45) is 0 Å². The van der Waals surface area contributed by atoms with Crippen molar-refractivity contribution < 1.29 is 29.2 Å². The number of fused-ring (bicyclic) bond motifs is 1.